The molecule has 2 aromatic carbocycles. The Morgan fingerprint density at radius 1 is 1.38 bits per heavy atom. The average molecular weight is 331 g/mol. The summed E-state index contributed by atoms with van der Waals surface area (Å²) in [5, 5.41) is 23.6. The van der Waals surface area contributed by atoms with Crippen molar-refractivity contribution >= 4 is 17.3 Å². The van der Waals surface area contributed by atoms with Crippen LogP contribution >= 0.6 is 0 Å². The van der Waals surface area contributed by atoms with Crippen molar-refractivity contribution in [3.05, 3.63) is 69.0 Å². The van der Waals surface area contributed by atoms with Gasteiger partial charge in [0.05, 0.1) is 28.7 Å². The lowest BCUT2D eigenvalue weighted by Gasteiger charge is -2.18. The molecule has 8 heteroatoms. The van der Waals surface area contributed by atoms with E-state index >= 15 is 0 Å². The smallest absolute Gasteiger partial charge is 0.295 e. The van der Waals surface area contributed by atoms with E-state index in [-0.39, 0.29) is 5.56 Å². The quantitative estimate of drug-likeness (QED) is 0.449. The number of nitro benzene ring substituents is 1. The molecule has 0 bridgehead atoms. The molecule has 24 heavy (non-hydrogen) atoms. The predicted molar refractivity (Wildman–Crippen MR) is 83.8 cm³/mol. The number of aliphatic hydroxyl groups excluding tert-OH is 1. The Kier molecular flexibility index (Phi) is 3.90. The number of nitrogens with one attached hydrogen (secondary N) is 1. The third kappa shape index (κ3) is 2.67. The van der Waals surface area contributed by atoms with E-state index in [9.17, 15) is 24.4 Å². The Morgan fingerprint density at radius 2 is 2.08 bits per heavy atom. The van der Waals surface area contributed by atoms with Crippen LogP contribution in [0.3, 0.4) is 0 Å². The van der Waals surface area contributed by atoms with Crippen molar-refractivity contribution in [1.82, 2.24) is 5.32 Å². The zero-order valence-corrected chi connectivity index (χ0v) is 12.4. The summed E-state index contributed by atoms with van der Waals surface area (Å²) in [5.41, 5.74) is 5.85. The van der Waals surface area contributed by atoms with Gasteiger partial charge in [0.15, 0.2) is 0 Å². The summed E-state index contributed by atoms with van der Waals surface area (Å²) in [6.45, 7) is 0. The number of hydrogen-bond donors (Lipinski definition) is 3. The third-order valence-electron chi connectivity index (χ3n) is 4.05. The molecule has 0 radical (unpaired) electrons. The number of benzene rings is 2. The molecule has 124 valence electrons. The number of nitro groups is 1. The van der Waals surface area contributed by atoms with Crippen LogP contribution in [0.15, 0.2) is 36.4 Å². The van der Waals surface area contributed by atoms with Crippen LogP contribution in [-0.2, 0) is 6.42 Å². The summed E-state index contributed by atoms with van der Waals surface area (Å²) in [6, 6.07) is 8.02. The molecule has 0 saturated heterocycles. The van der Waals surface area contributed by atoms with Crippen LogP contribution in [0, 0.1) is 15.9 Å². The van der Waals surface area contributed by atoms with Crippen molar-refractivity contribution in [1.29, 1.82) is 0 Å². The number of amides is 1. The Bertz CT molecular complexity index is 840. The van der Waals surface area contributed by atoms with Gasteiger partial charge in [-0.05, 0) is 17.2 Å². The topological polar surface area (TPSA) is 118 Å². The number of carbonyl (C=O) groups is 1. The van der Waals surface area contributed by atoms with Crippen molar-refractivity contribution < 1.29 is 19.2 Å². The molecule has 0 aliphatic heterocycles. The highest BCUT2D eigenvalue weighted by molar-refractivity contribution is 6.01. The Balaban J connectivity index is 1.93. The lowest BCUT2D eigenvalue weighted by molar-refractivity contribution is -0.384. The monoisotopic (exact) mass is 331 g/mol. The van der Waals surface area contributed by atoms with Gasteiger partial charge in [-0.1, -0.05) is 24.3 Å². The van der Waals surface area contributed by atoms with Crippen molar-refractivity contribution in [3.8, 4) is 0 Å². The number of nitrogen functional groups attached to an aromatic ring is 1. The van der Waals surface area contributed by atoms with E-state index in [0.717, 1.165) is 17.2 Å². The number of carbonyl (C=O) groups excluding carboxylic acids is 1. The molecule has 0 heterocycles. The zero-order chi connectivity index (χ0) is 17.4. The fourth-order valence-corrected chi connectivity index (χ4v) is 2.91. The molecular weight excluding hydrogens is 317 g/mol. The molecule has 4 N–H and O–H groups in total. The van der Waals surface area contributed by atoms with Crippen LogP contribution < -0.4 is 11.1 Å². The number of rotatable bonds is 3. The van der Waals surface area contributed by atoms with E-state index in [2.05, 4.69) is 5.32 Å². The van der Waals surface area contributed by atoms with E-state index in [4.69, 9.17) is 5.73 Å². The number of fused-ring (bicyclic) bond motifs is 1. The highest BCUT2D eigenvalue weighted by Gasteiger charge is 2.33. The van der Waals surface area contributed by atoms with Gasteiger partial charge in [0.25, 0.3) is 11.6 Å². The highest BCUT2D eigenvalue weighted by Crippen LogP contribution is 2.32. The Labute approximate surface area is 136 Å². The first-order valence-electron chi connectivity index (χ1n) is 7.18. The normalized spacial score (nSPS) is 18.9. The fraction of sp³-hybridized carbons (Fsp3) is 0.188. The van der Waals surface area contributed by atoms with Crippen molar-refractivity contribution in [2.45, 2.75) is 18.6 Å². The third-order valence-corrected chi connectivity index (χ3v) is 4.05. The maximum absolute atomic E-state index is 13.6. The maximum atomic E-state index is 13.6. The lowest BCUT2D eigenvalue weighted by atomic mass is 10.1. The largest absolute Gasteiger partial charge is 0.393 e. The van der Waals surface area contributed by atoms with Crippen LogP contribution in [0.4, 0.5) is 15.8 Å². The first kappa shape index (κ1) is 15.9. The summed E-state index contributed by atoms with van der Waals surface area (Å²) >= 11 is 0. The summed E-state index contributed by atoms with van der Waals surface area (Å²) in [4.78, 5) is 22.5. The first-order valence-corrected chi connectivity index (χ1v) is 7.18. The molecule has 1 amide bonds. The molecule has 3 rings (SSSR count). The lowest BCUT2D eigenvalue weighted by Crippen LogP contribution is -2.34. The van der Waals surface area contributed by atoms with Gasteiger partial charge >= 0.3 is 0 Å². The molecule has 2 aromatic rings. The molecule has 0 spiro atoms. The average Bonchev–Trinajstić information content (AvgIpc) is 2.85. The molecule has 0 unspecified atom stereocenters. The first-order chi connectivity index (χ1) is 11.4. The predicted octanol–water partition coefficient (Wildman–Crippen LogP) is 1.70. The van der Waals surface area contributed by atoms with Crippen LogP contribution in [-0.4, -0.2) is 22.0 Å². The van der Waals surface area contributed by atoms with E-state index < -0.39 is 40.2 Å². The minimum atomic E-state index is -0.937. The molecular formula is C16H14FN3O4. The second-order valence-electron chi connectivity index (χ2n) is 5.56. The number of nitrogens with zero attached hydrogens (tertiary/aromatic N) is 1. The molecule has 0 saturated carbocycles. The Hall–Kier alpha value is -3.00. The van der Waals surface area contributed by atoms with Gasteiger partial charge in [0, 0.05) is 6.42 Å². The van der Waals surface area contributed by atoms with Gasteiger partial charge in [-0.3, -0.25) is 14.9 Å². The molecule has 2 atom stereocenters. The van der Waals surface area contributed by atoms with E-state index in [0.29, 0.717) is 12.5 Å². The number of anilines is 1. The Morgan fingerprint density at radius 3 is 2.79 bits per heavy atom. The van der Waals surface area contributed by atoms with Gasteiger partial charge in [-0.15, -0.1) is 0 Å². The summed E-state index contributed by atoms with van der Waals surface area (Å²) in [5.74, 6) is -1.72. The van der Waals surface area contributed by atoms with Gasteiger partial charge < -0.3 is 16.2 Å². The summed E-state index contributed by atoms with van der Waals surface area (Å²) < 4.78 is 13.6. The van der Waals surface area contributed by atoms with Crippen LogP contribution in [0.1, 0.15) is 27.5 Å². The van der Waals surface area contributed by atoms with Crippen molar-refractivity contribution in [3.63, 3.8) is 0 Å². The van der Waals surface area contributed by atoms with Crippen LogP contribution in [0.25, 0.3) is 0 Å². The van der Waals surface area contributed by atoms with Crippen LogP contribution in [0.5, 0.6) is 0 Å². The summed E-state index contributed by atoms with van der Waals surface area (Å²) in [7, 11) is 0. The number of halogens is 1. The second-order valence-corrected chi connectivity index (χ2v) is 5.56. The summed E-state index contributed by atoms with van der Waals surface area (Å²) in [6.07, 6.45) is -0.462. The van der Waals surface area contributed by atoms with Crippen LogP contribution in [0.2, 0.25) is 0 Å². The molecule has 0 aromatic heterocycles. The van der Waals surface area contributed by atoms with E-state index in [1.165, 1.54) is 0 Å². The molecule has 1 aliphatic rings. The van der Waals surface area contributed by atoms with Gasteiger partial charge in [-0.25, -0.2) is 4.39 Å². The van der Waals surface area contributed by atoms with Gasteiger partial charge in [0.1, 0.15) is 11.5 Å². The SMILES string of the molecule is Nc1c(C(=O)N[C@H]2c3ccccc3C[C@H]2O)cc(F)cc1[N+](=O)[O-]. The minimum absolute atomic E-state index is 0.335. The number of nitrogens with two attached hydrogens (primary N) is 1. The molecule has 1 aliphatic carbocycles. The molecule has 0 fully saturated rings. The number of hydrogen-bond acceptors (Lipinski definition) is 5. The van der Waals surface area contributed by atoms with Crippen molar-refractivity contribution in [2.75, 3.05) is 5.73 Å². The fourth-order valence-electron chi connectivity index (χ4n) is 2.91. The van der Waals surface area contributed by atoms with E-state index in [1.54, 1.807) is 12.1 Å². The number of aliphatic hydroxyl groups is 1. The van der Waals surface area contributed by atoms with E-state index in [1.807, 2.05) is 12.1 Å². The van der Waals surface area contributed by atoms with Crippen molar-refractivity contribution in [2.24, 2.45) is 0 Å². The maximum Gasteiger partial charge on any atom is 0.295 e. The second kappa shape index (κ2) is 5.89. The zero-order valence-electron chi connectivity index (χ0n) is 12.4. The van der Waals surface area contributed by atoms with Gasteiger partial charge in [0.2, 0.25) is 0 Å². The molecule has 7 nitrogen and oxygen atoms in total. The minimum Gasteiger partial charge on any atom is -0.393 e. The van der Waals surface area contributed by atoms with Gasteiger partial charge in [-0.2, -0.15) is 0 Å². The standard InChI is InChI=1S/C16H14FN3O4/c17-9-6-11(14(18)12(7-9)20(23)24)16(22)19-15-10-4-2-1-3-8(10)5-13(15)21/h1-4,6-7,13,15,21H,5,18H2,(H,19,22)/t13-,15+/m1/s1. The highest BCUT2D eigenvalue weighted by atomic mass is 19.1.